The minimum atomic E-state index is -0.360. The number of esters is 1. The van der Waals surface area contributed by atoms with Crippen molar-refractivity contribution in [3.05, 3.63) is 61.8 Å². The molecule has 11 heteroatoms. The number of rotatable bonds is 10. The Labute approximate surface area is 256 Å². The van der Waals surface area contributed by atoms with Crippen LogP contribution in [0, 0.1) is 24.2 Å². The van der Waals surface area contributed by atoms with Crippen LogP contribution < -0.4 is 15.2 Å². The average Bonchev–Trinajstić information content (AvgIpc) is 3.25. The van der Waals surface area contributed by atoms with Gasteiger partial charge in [0.1, 0.15) is 27.5 Å². The van der Waals surface area contributed by atoms with Gasteiger partial charge in [0.05, 0.1) is 31.1 Å². The second-order valence-corrected chi connectivity index (χ2v) is 12.0. The van der Waals surface area contributed by atoms with Gasteiger partial charge in [-0.05, 0) is 62.4 Å². The van der Waals surface area contributed by atoms with Gasteiger partial charge >= 0.3 is 5.97 Å². The molecule has 1 amide bonds. The monoisotopic (exact) mass is 608 g/mol. The maximum absolute atomic E-state index is 13.7. The average molecular weight is 609 g/mol. The number of anilines is 1. The van der Waals surface area contributed by atoms with E-state index in [-0.39, 0.29) is 28.9 Å². The number of unbranched alkanes of at least 4 members (excludes halogenated alkanes) is 1. The Morgan fingerprint density at radius 3 is 2.62 bits per heavy atom. The summed E-state index contributed by atoms with van der Waals surface area (Å²) in [5, 5.41) is 9.98. The molecule has 2 aliphatic heterocycles. The van der Waals surface area contributed by atoms with Crippen LogP contribution in [0.2, 0.25) is 0 Å². The van der Waals surface area contributed by atoms with Crippen LogP contribution in [0.5, 0.6) is 5.75 Å². The first-order valence-corrected chi connectivity index (χ1v) is 15.4. The van der Waals surface area contributed by atoms with Crippen LogP contribution in [-0.2, 0) is 27.4 Å². The van der Waals surface area contributed by atoms with Gasteiger partial charge in [-0.25, -0.2) is 0 Å². The molecule has 1 unspecified atom stereocenters. The Balaban J connectivity index is 1.79. The third-order valence-electron chi connectivity index (χ3n) is 7.57. The first kappa shape index (κ1) is 31.3. The molecule has 3 heterocycles. The van der Waals surface area contributed by atoms with E-state index < -0.39 is 0 Å². The van der Waals surface area contributed by atoms with Gasteiger partial charge in [0, 0.05) is 25.2 Å². The van der Waals surface area contributed by atoms with Gasteiger partial charge in [0.15, 0.2) is 0 Å². The van der Waals surface area contributed by atoms with Gasteiger partial charge in [-0.15, -0.1) is 0 Å². The fourth-order valence-electron chi connectivity index (χ4n) is 5.31. The number of thiocarbonyl (C=S) groups is 1. The Morgan fingerprint density at radius 1 is 1.24 bits per heavy atom. The van der Waals surface area contributed by atoms with Crippen LogP contribution in [0.4, 0.5) is 5.82 Å². The van der Waals surface area contributed by atoms with Crippen LogP contribution in [0.15, 0.2) is 34.0 Å². The van der Waals surface area contributed by atoms with E-state index in [0.717, 1.165) is 30.6 Å². The minimum absolute atomic E-state index is 0.0498. The Bertz CT molecular complexity index is 1490. The minimum Gasteiger partial charge on any atom is -0.497 e. The molecule has 0 N–H and O–H groups in total. The predicted octanol–water partition coefficient (Wildman–Crippen LogP) is 5.02. The van der Waals surface area contributed by atoms with Gasteiger partial charge in [0.2, 0.25) is 0 Å². The molecule has 4 rings (SSSR count). The highest BCUT2D eigenvalue weighted by Crippen LogP contribution is 2.37. The van der Waals surface area contributed by atoms with Crippen molar-refractivity contribution in [3.8, 4) is 11.8 Å². The Kier molecular flexibility index (Phi) is 10.5. The molecule has 2 fully saturated rings. The Morgan fingerprint density at radius 2 is 1.98 bits per heavy atom. The van der Waals surface area contributed by atoms with Crippen LogP contribution in [0.3, 0.4) is 0 Å². The molecular weight excluding hydrogens is 572 g/mol. The summed E-state index contributed by atoms with van der Waals surface area (Å²) in [4.78, 5) is 44.0. The van der Waals surface area contributed by atoms with E-state index in [2.05, 4.69) is 6.07 Å². The first-order valence-electron chi connectivity index (χ1n) is 14.2. The van der Waals surface area contributed by atoms with Gasteiger partial charge in [0.25, 0.3) is 11.5 Å². The summed E-state index contributed by atoms with van der Waals surface area (Å²) in [6.07, 6.45) is 4.79. The van der Waals surface area contributed by atoms with Crippen molar-refractivity contribution < 1.29 is 19.1 Å². The number of nitriles is 1. The molecule has 1 aromatic carbocycles. The summed E-state index contributed by atoms with van der Waals surface area (Å²) in [5.74, 6) is 0.524. The molecule has 0 radical (unpaired) electrons. The van der Waals surface area contributed by atoms with E-state index in [9.17, 15) is 19.6 Å². The van der Waals surface area contributed by atoms with Crippen molar-refractivity contribution in [2.24, 2.45) is 5.92 Å². The summed E-state index contributed by atoms with van der Waals surface area (Å²) >= 11 is 6.81. The SMILES string of the molecule is CCCCn1c(N2CCCC(C(=O)OCC)C2)c(/C=C2\SC(=S)N(Cc3ccc(OC)cc3)C2=O)c(C)c(C#N)c1=O. The summed E-state index contributed by atoms with van der Waals surface area (Å²) < 4.78 is 12.6. The molecule has 2 aromatic rings. The van der Waals surface area contributed by atoms with Crippen molar-refractivity contribution >= 4 is 52.1 Å². The largest absolute Gasteiger partial charge is 0.497 e. The molecule has 2 aliphatic rings. The van der Waals surface area contributed by atoms with Crippen molar-refractivity contribution in [1.29, 1.82) is 5.26 Å². The quantitative estimate of drug-likeness (QED) is 0.209. The third kappa shape index (κ3) is 6.55. The number of thioether (sulfide) groups is 1. The number of piperidine rings is 1. The second-order valence-electron chi connectivity index (χ2n) is 10.3. The molecule has 9 nitrogen and oxygen atoms in total. The second kappa shape index (κ2) is 14.0. The predicted molar refractivity (Wildman–Crippen MR) is 168 cm³/mol. The molecule has 2 saturated heterocycles. The lowest BCUT2D eigenvalue weighted by atomic mass is 9.96. The van der Waals surface area contributed by atoms with Crippen molar-refractivity contribution in [1.82, 2.24) is 9.47 Å². The summed E-state index contributed by atoms with van der Waals surface area (Å²) in [7, 11) is 1.60. The molecule has 1 atom stereocenters. The van der Waals surface area contributed by atoms with Crippen molar-refractivity contribution in [2.45, 2.75) is 59.5 Å². The lowest BCUT2D eigenvalue weighted by Crippen LogP contribution is -2.43. The molecule has 222 valence electrons. The highest BCUT2D eigenvalue weighted by atomic mass is 32.2. The summed E-state index contributed by atoms with van der Waals surface area (Å²) in [5.41, 5.74) is 1.72. The molecule has 0 saturated carbocycles. The Hall–Kier alpha value is -3.62. The number of methoxy groups -OCH3 is 1. The number of hydrogen-bond acceptors (Lipinski definition) is 9. The third-order valence-corrected chi connectivity index (χ3v) is 8.95. The lowest BCUT2D eigenvalue weighted by molar-refractivity contribution is -0.148. The zero-order chi connectivity index (χ0) is 30.4. The molecule has 0 spiro atoms. The number of nitrogens with zero attached hydrogens (tertiary/aromatic N) is 4. The van der Waals surface area contributed by atoms with Crippen LogP contribution in [0.1, 0.15) is 61.8 Å². The van der Waals surface area contributed by atoms with Crippen LogP contribution in [0.25, 0.3) is 6.08 Å². The number of ether oxygens (including phenoxy) is 2. The standard InChI is InChI=1S/C31H36N4O5S2/c1-5-7-15-34-27(33-14-8-9-22(19-33)30(38)40-6-2)24(20(3)25(17-32)28(34)36)16-26-29(37)35(31(41)42-26)18-21-10-12-23(39-4)13-11-21/h10-13,16,22H,5-9,14-15,18-19H2,1-4H3/b26-16-. The number of aromatic nitrogens is 1. The van der Waals surface area contributed by atoms with Gasteiger partial charge in [-0.1, -0.05) is 49.5 Å². The zero-order valence-electron chi connectivity index (χ0n) is 24.5. The van der Waals surface area contributed by atoms with E-state index >= 15 is 0 Å². The highest BCUT2D eigenvalue weighted by molar-refractivity contribution is 8.26. The van der Waals surface area contributed by atoms with E-state index in [4.69, 9.17) is 21.7 Å². The smallest absolute Gasteiger partial charge is 0.310 e. The maximum atomic E-state index is 13.7. The van der Waals surface area contributed by atoms with Gasteiger partial charge < -0.3 is 14.4 Å². The van der Waals surface area contributed by atoms with E-state index in [1.54, 1.807) is 36.5 Å². The number of benzene rings is 1. The van der Waals surface area contributed by atoms with Gasteiger partial charge in [-0.2, -0.15) is 5.26 Å². The number of hydrogen-bond donors (Lipinski definition) is 0. The number of pyridine rings is 1. The zero-order valence-corrected chi connectivity index (χ0v) is 26.1. The fraction of sp³-hybridized carbons (Fsp3) is 0.452. The van der Waals surface area contributed by atoms with Crippen molar-refractivity contribution in [2.75, 3.05) is 31.7 Å². The van der Waals surface area contributed by atoms with Crippen LogP contribution >= 0.6 is 24.0 Å². The molecule has 1 aromatic heterocycles. The van der Waals surface area contributed by atoms with Crippen LogP contribution in [-0.4, -0.2) is 52.5 Å². The lowest BCUT2D eigenvalue weighted by Gasteiger charge is -2.36. The number of carbonyl (C=O) groups is 2. The fourth-order valence-corrected chi connectivity index (χ4v) is 6.55. The molecular formula is C31H36N4O5S2. The normalized spacial score (nSPS) is 18.0. The van der Waals surface area contributed by atoms with Crippen molar-refractivity contribution in [3.63, 3.8) is 0 Å². The van der Waals surface area contributed by atoms with E-state index in [1.807, 2.05) is 36.1 Å². The molecule has 0 bridgehead atoms. The summed E-state index contributed by atoms with van der Waals surface area (Å²) in [6.45, 7) is 7.61. The first-order chi connectivity index (χ1) is 20.2. The van der Waals surface area contributed by atoms with E-state index in [1.165, 1.54) is 11.8 Å². The maximum Gasteiger partial charge on any atom is 0.310 e. The number of amides is 1. The molecule has 0 aliphatic carbocycles. The number of carbonyl (C=O) groups excluding carboxylic acids is 2. The summed E-state index contributed by atoms with van der Waals surface area (Å²) in [6, 6.07) is 9.55. The van der Waals surface area contributed by atoms with E-state index in [0.29, 0.717) is 65.4 Å². The molecule has 42 heavy (non-hydrogen) atoms. The topological polar surface area (TPSA) is 105 Å². The van der Waals surface area contributed by atoms with Gasteiger partial charge in [-0.3, -0.25) is 23.9 Å². The highest BCUT2D eigenvalue weighted by Gasteiger charge is 2.35.